The van der Waals surface area contributed by atoms with E-state index in [1.807, 2.05) is 6.20 Å². The molecule has 1 fully saturated rings. The van der Waals surface area contributed by atoms with Gasteiger partial charge >= 0.3 is 0 Å². The standard InChI is InChI=1S/C17H30N4/c1-5-9-18-14(2)15-8-10-19-17(12-15)21(4)13-16-7-6-11-20(16)3/h8,10,12,14,16,18H,5-7,9,11,13H2,1-4H3. The maximum absolute atomic E-state index is 4.55. The van der Waals surface area contributed by atoms with Crippen LogP contribution in [0.5, 0.6) is 0 Å². The van der Waals surface area contributed by atoms with Gasteiger partial charge in [-0.1, -0.05) is 6.92 Å². The van der Waals surface area contributed by atoms with Gasteiger partial charge in [0.25, 0.3) is 0 Å². The highest BCUT2D eigenvalue weighted by Crippen LogP contribution is 2.20. The average Bonchev–Trinajstić information content (AvgIpc) is 2.90. The minimum Gasteiger partial charge on any atom is -0.358 e. The monoisotopic (exact) mass is 290 g/mol. The van der Waals surface area contributed by atoms with E-state index in [9.17, 15) is 0 Å². The highest BCUT2D eigenvalue weighted by Gasteiger charge is 2.22. The van der Waals surface area contributed by atoms with E-state index in [-0.39, 0.29) is 0 Å². The van der Waals surface area contributed by atoms with Crippen LogP contribution >= 0.6 is 0 Å². The molecular weight excluding hydrogens is 260 g/mol. The second-order valence-electron chi connectivity index (χ2n) is 6.28. The first kappa shape index (κ1) is 16.2. The summed E-state index contributed by atoms with van der Waals surface area (Å²) in [5, 5.41) is 3.54. The minimum atomic E-state index is 0.384. The van der Waals surface area contributed by atoms with Crippen molar-refractivity contribution in [1.29, 1.82) is 0 Å². The van der Waals surface area contributed by atoms with Gasteiger partial charge in [0.2, 0.25) is 0 Å². The predicted molar refractivity (Wildman–Crippen MR) is 89.9 cm³/mol. The maximum Gasteiger partial charge on any atom is 0.128 e. The van der Waals surface area contributed by atoms with Gasteiger partial charge in [0.05, 0.1) is 0 Å². The Balaban J connectivity index is 1.98. The van der Waals surface area contributed by atoms with Crippen LogP contribution in [0.15, 0.2) is 18.3 Å². The van der Waals surface area contributed by atoms with E-state index in [2.05, 4.69) is 60.2 Å². The Morgan fingerprint density at radius 3 is 3.00 bits per heavy atom. The van der Waals surface area contributed by atoms with Crippen molar-refractivity contribution >= 4 is 5.82 Å². The molecule has 1 aliphatic rings. The SMILES string of the molecule is CCCNC(C)c1ccnc(N(C)CC2CCCN2C)c1. The summed E-state index contributed by atoms with van der Waals surface area (Å²) in [6.07, 6.45) is 5.72. The van der Waals surface area contributed by atoms with Crippen LogP contribution < -0.4 is 10.2 Å². The maximum atomic E-state index is 4.55. The average molecular weight is 290 g/mol. The number of rotatable bonds is 7. The van der Waals surface area contributed by atoms with Gasteiger partial charge in [0.15, 0.2) is 0 Å². The molecule has 0 aromatic carbocycles. The molecule has 118 valence electrons. The van der Waals surface area contributed by atoms with Crippen molar-refractivity contribution in [3.05, 3.63) is 23.9 Å². The van der Waals surface area contributed by atoms with Crippen LogP contribution in [0.1, 0.15) is 44.7 Å². The molecule has 0 amide bonds. The van der Waals surface area contributed by atoms with Gasteiger partial charge in [0, 0.05) is 31.9 Å². The van der Waals surface area contributed by atoms with Crippen LogP contribution in [0.2, 0.25) is 0 Å². The van der Waals surface area contributed by atoms with Crippen LogP contribution in [0.25, 0.3) is 0 Å². The molecule has 1 aromatic heterocycles. The lowest BCUT2D eigenvalue weighted by molar-refractivity contribution is 0.314. The lowest BCUT2D eigenvalue weighted by Gasteiger charge is -2.27. The fraction of sp³-hybridized carbons (Fsp3) is 0.706. The summed E-state index contributed by atoms with van der Waals surface area (Å²) in [5.74, 6) is 1.08. The zero-order chi connectivity index (χ0) is 15.2. The highest BCUT2D eigenvalue weighted by atomic mass is 15.2. The Labute approximate surface area is 129 Å². The Morgan fingerprint density at radius 1 is 1.52 bits per heavy atom. The molecule has 2 heterocycles. The molecule has 0 bridgehead atoms. The lowest BCUT2D eigenvalue weighted by Crippen LogP contribution is -2.37. The second kappa shape index (κ2) is 7.76. The molecular formula is C17H30N4. The van der Waals surface area contributed by atoms with E-state index in [1.165, 1.54) is 24.9 Å². The molecule has 21 heavy (non-hydrogen) atoms. The van der Waals surface area contributed by atoms with Gasteiger partial charge in [-0.15, -0.1) is 0 Å². The molecule has 2 rings (SSSR count). The minimum absolute atomic E-state index is 0.384. The Kier molecular flexibility index (Phi) is 6.00. The van der Waals surface area contributed by atoms with Crippen LogP contribution in [0, 0.1) is 0 Å². The van der Waals surface area contributed by atoms with Crippen molar-refractivity contribution in [3.8, 4) is 0 Å². The van der Waals surface area contributed by atoms with E-state index < -0.39 is 0 Å². The van der Waals surface area contributed by atoms with Crippen molar-refractivity contribution in [1.82, 2.24) is 15.2 Å². The molecule has 1 aromatic rings. The Hall–Kier alpha value is -1.13. The van der Waals surface area contributed by atoms with Crippen LogP contribution in [0.3, 0.4) is 0 Å². The quantitative estimate of drug-likeness (QED) is 0.836. The summed E-state index contributed by atoms with van der Waals surface area (Å²) in [7, 11) is 4.38. The zero-order valence-electron chi connectivity index (χ0n) is 14.0. The summed E-state index contributed by atoms with van der Waals surface area (Å²) in [5.41, 5.74) is 1.32. The summed E-state index contributed by atoms with van der Waals surface area (Å²) in [6, 6.07) is 5.39. The number of hydrogen-bond donors (Lipinski definition) is 1. The molecule has 0 spiro atoms. The summed E-state index contributed by atoms with van der Waals surface area (Å²) >= 11 is 0. The number of hydrogen-bond acceptors (Lipinski definition) is 4. The Bertz CT molecular complexity index is 435. The van der Waals surface area contributed by atoms with E-state index in [4.69, 9.17) is 0 Å². The smallest absolute Gasteiger partial charge is 0.128 e. The number of anilines is 1. The number of nitrogens with one attached hydrogen (secondary N) is 1. The largest absolute Gasteiger partial charge is 0.358 e. The van der Waals surface area contributed by atoms with Crippen molar-refractivity contribution in [2.45, 2.75) is 45.2 Å². The van der Waals surface area contributed by atoms with E-state index in [1.54, 1.807) is 0 Å². The van der Waals surface area contributed by atoms with Gasteiger partial charge in [-0.2, -0.15) is 0 Å². The van der Waals surface area contributed by atoms with Gasteiger partial charge < -0.3 is 15.1 Å². The number of likely N-dealkylation sites (tertiary alicyclic amines) is 1. The normalized spacial score (nSPS) is 20.7. The van der Waals surface area contributed by atoms with Crippen molar-refractivity contribution < 1.29 is 0 Å². The van der Waals surface area contributed by atoms with Gasteiger partial charge in [0.1, 0.15) is 5.82 Å². The van der Waals surface area contributed by atoms with Gasteiger partial charge in [-0.3, -0.25) is 0 Å². The molecule has 0 saturated carbocycles. The molecule has 0 radical (unpaired) electrons. The third kappa shape index (κ3) is 4.42. The van der Waals surface area contributed by atoms with Crippen molar-refractivity contribution in [2.24, 2.45) is 0 Å². The van der Waals surface area contributed by atoms with E-state index in [0.29, 0.717) is 12.1 Å². The first-order valence-electron chi connectivity index (χ1n) is 8.22. The van der Waals surface area contributed by atoms with Crippen LogP contribution in [-0.2, 0) is 0 Å². The highest BCUT2D eigenvalue weighted by molar-refractivity contribution is 5.41. The summed E-state index contributed by atoms with van der Waals surface area (Å²) < 4.78 is 0. The predicted octanol–water partition coefficient (Wildman–Crippen LogP) is 2.67. The molecule has 1 saturated heterocycles. The molecule has 1 aliphatic heterocycles. The van der Waals surface area contributed by atoms with Crippen molar-refractivity contribution in [2.75, 3.05) is 38.6 Å². The first-order valence-corrected chi connectivity index (χ1v) is 8.22. The second-order valence-corrected chi connectivity index (χ2v) is 6.28. The molecule has 2 unspecified atom stereocenters. The third-order valence-electron chi connectivity index (χ3n) is 4.52. The molecule has 1 N–H and O–H groups in total. The number of nitrogens with zero attached hydrogens (tertiary/aromatic N) is 3. The van der Waals surface area contributed by atoms with E-state index in [0.717, 1.165) is 25.3 Å². The molecule has 0 aliphatic carbocycles. The van der Waals surface area contributed by atoms with E-state index >= 15 is 0 Å². The van der Waals surface area contributed by atoms with Crippen molar-refractivity contribution in [3.63, 3.8) is 0 Å². The van der Waals surface area contributed by atoms with Gasteiger partial charge in [-0.05, 0) is 64.0 Å². The fourth-order valence-electron chi connectivity index (χ4n) is 3.01. The number of likely N-dealkylation sites (N-methyl/N-ethyl adjacent to an activating group) is 2. The van der Waals surface area contributed by atoms with Crippen LogP contribution in [-0.4, -0.2) is 49.7 Å². The zero-order valence-corrected chi connectivity index (χ0v) is 14.0. The number of pyridine rings is 1. The van der Waals surface area contributed by atoms with Gasteiger partial charge in [-0.25, -0.2) is 4.98 Å². The van der Waals surface area contributed by atoms with Crippen LogP contribution in [0.4, 0.5) is 5.82 Å². The summed E-state index contributed by atoms with van der Waals surface area (Å²) in [4.78, 5) is 9.31. The number of aromatic nitrogens is 1. The molecule has 4 heteroatoms. The fourth-order valence-corrected chi connectivity index (χ4v) is 3.01. The molecule has 2 atom stereocenters. The summed E-state index contributed by atoms with van der Waals surface area (Å²) in [6.45, 7) is 7.76. The Morgan fingerprint density at radius 2 is 2.33 bits per heavy atom. The lowest BCUT2D eigenvalue weighted by atomic mass is 10.1. The topological polar surface area (TPSA) is 31.4 Å². The first-order chi connectivity index (χ1) is 10.1. The third-order valence-corrected chi connectivity index (χ3v) is 4.52. The molecule has 4 nitrogen and oxygen atoms in total.